The number of hydrogen-bond donors (Lipinski definition) is 0. The van der Waals surface area contributed by atoms with Crippen LogP contribution < -0.4 is 4.90 Å². The molecule has 0 aliphatic carbocycles. The lowest BCUT2D eigenvalue weighted by molar-refractivity contribution is 1.06. The molecule has 2 rings (SSSR count). The Bertz CT molecular complexity index is 615. The Kier molecular flexibility index (Phi) is 3.50. The third-order valence-corrected chi connectivity index (χ3v) is 2.93. The van der Waals surface area contributed by atoms with Crippen molar-refractivity contribution in [2.45, 2.75) is 0 Å². The van der Waals surface area contributed by atoms with E-state index in [0.717, 1.165) is 11.1 Å². The molecule has 4 heteroatoms. The lowest BCUT2D eigenvalue weighted by atomic mass is 10.1. The van der Waals surface area contributed by atoms with Crippen LogP contribution in [0, 0.1) is 11.3 Å². The Balaban J connectivity index is 2.56. The molecule has 0 saturated heterocycles. The fourth-order valence-electron chi connectivity index (χ4n) is 1.74. The van der Waals surface area contributed by atoms with Crippen LogP contribution >= 0.6 is 11.6 Å². The fourth-order valence-corrected chi connectivity index (χ4v) is 1.98. The highest BCUT2D eigenvalue weighted by atomic mass is 35.5. The molecule has 1 aromatic carbocycles. The molecule has 18 heavy (non-hydrogen) atoms. The minimum Gasteiger partial charge on any atom is -0.362 e. The summed E-state index contributed by atoms with van der Waals surface area (Å²) in [5, 5.41) is 9.81. The van der Waals surface area contributed by atoms with Crippen LogP contribution in [0.4, 0.5) is 5.82 Å². The lowest BCUT2D eigenvalue weighted by Gasteiger charge is -2.13. The van der Waals surface area contributed by atoms with Crippen molar-refractivity contribution in [1.29, 1.82) is 5.26 Å². The summed E-state index contributed by atoms with van der Waals surface area (Å²) < 4.78 is 0. The van der Waals surface area contributed by atoms with Crippen molar-refractivity contribution in [3.63, 3.8) is 0 Å². The highest BCUT2D eigenvalue weighted by Crippen LogP contribution is 2.29. The van der Waals surface area contributed by atoms with Gasteiger partial charge in [-0.05, 0) is 12.1 Å². The van der Waals surface area contributed by atoms with Crippen LogP contribution in [0.3, 0.4) is 0 Å². The van der Waals surface area contributed by atoms with Gasteiger partial charge in [0.15, 0.2) is 0 Å². The normalized spacial score (nSPS) is 9.89. The molecular weight excluding hydrogens is 246 g/mol. The molecule has 3 nitrogen and oxygen atoms in total. The van der Waals surface area contributed by atoms with E-state index < -0.39 is 0 Å². The van der Waals surface area contributed by atoms with E-state index in [1.165, 1.54) is 0 Å². The summed E-state index contributed by atoms with van der Waals surface area (Å²) in [5.74, 6) is 0.660. The van der Waals surface area contributed by atoms with Gasteiger partial charge in [-0.25, -0.2) is 4.98 Å². The Morgan fingerprint density at radius 1 is 1.28 bits per heavy atom. The first-order valence-corrected chi connectivity index (χ1v) is 5.83. The van der Waals surface area contributed by atoms with Crippen molar-refractivity contribution in [2.24, 2.45) is 0 Å². The summed E-state index contributed by atoms with van der Waals surface area (Å²) in [7, 11) is 3.72. The topological polar surface area (TPSA) is 39.9 Å². The number of rotatable bonds is 2. The summed E-state index contributed by atoms with van der Waals surface area (Å²) in [6.45, 7) is 0. The Morgan fingerprint density at radius 3 is 2.61 bits per heavy atom. The summed E-state index contributed by atoms with van der Waals surface area (Å²) in [5.41, 5.74) is 2.27. The summed E-state index contributed by atoms with van der Waals surface area (Å²) in [6.07, 6.45) is 1.73. The molecule has 0 spiro atoms. The number of anilines is 1. The van der Waals surface area contributed by atoms with E-state index in [0.29, 0.717) is 16.4 Å². The summed E-state index contributed by atoms with van der Waals surface area (Å²) in [4.78, 5) is 6.13. The van der Waals surface area contributed by atoms with Crippen molar-refractivity contribution < 1.29 is 0 Å². The van der Waals surface area contributed by atoms with E-state index in [2.05, 4.69) is 11.1 Å². The van der Waals surface area contributed by atoms with E-state index in [-0.39, 0.29) is 0 Å². The first-order chi connectivity index (χ1) is 8.63. The molecule has 0 bridgehead atoms. The van der Waals surface area contributed by atoms with Crippen LogP contribution in [0.15, 0.2) is 36.5 Å². The minimum atomic E-state index is 0.539. The van der Waals surface area contributed by atoms with Crippen molar-refractivity contribution >= 4 is 17.4 Å². The summed E-state index contributed by atoms with van der Waals surface area (Å²) in [6, 6.07) is 11.5. The molecule has 0 aliphatic rings. The van der Waals surface area contributed by atoms with Gasteiger partial charge in [-0.1, -0.05) is 29.8 Å². The lowest BCUT2D eigenvalue weighted by Crippen LogP contribution is -2.12. The molecule has 0 unspecified atom stereocenters. The Hall–Kier alpha value is -2.05. The molecule has 2 aromatic rings. The fraction of sp³-hybridized carbons (Fsp3) is 0.143. The van der Waals surface area contributed by atoms with E-state index in [1.54, 1.807) is 6.20 Å². The monoisotopic (exact) mass is 257 g/mol. The molecule has 0 N–H and O–H groups in total. The zero-order valence-electron chi connectivity index (χ0n) is 10.2. The standard InChI is InChI=1S/C14H12ClN3/c1-18(2)14-10(8-16)7-11(9-17-14)12-5-3-4-6-13(12)15/h3-7,9H,1-2H3. The van der Waals surface area contributed by atoms with Crippen LogP contribution in [0.2, 0.25) is 5.02 Å². The predicted octanol–water partition coefficient (Wildman–Crippen LogP) is 3.34. The van der Waals surface area contributed by atoms with Gasteiger partial charge in [-0.2, -0.15) is 5.26 Å². The smallest absolute Gasteiger partial charge is 0.146 e. The molecule has 0 aliphatic heterocycles. The maximum Gasteiger partial charge on any atom is 0.146 e. The number of aromatic nitrogens is 1. The van der Waals surface area contributed by atoms with Crippen LogP contribution in [-0.2, 0) is 0 Å². The summed E-state index contributed by atoms with van der Waals surface area (Å²) >= 11 is 6.14. The van der Waals surface area contributed by atoms with E-state index in [4.69, 9.17) is 16.9 Å². The first-order valence-electron chi connectivity index (χ1n) is 5.46. The zero-order chi connectivity index (χ0) is 13.1. The number of nitrogens with zero attached hydrogens (tertiary/aromatic N) is 3. The molecule has 1 aromatic heterocycles. The third kappa shape index (κ3) is 2.29. The Morgan fingerprint density at radius 2 is 2.00 bits per heavy atom. The maximum absolute atomic E-state index is 9.16. The largest absolute Gasteiger partial charge is 0.362 e. The van der Waals surface area contributed by atoms with Gasteiger partial charge in [0.25, 0.3) is 0 Å². The zero-order valence-corrected chi connectivity index (χ0v) is 10.9. The van der Waals surface area contributed by atoms with E-state index in [9.17, 15) is 0 Å². The van der Waals surface area contributed by atoms with Gasteiger partial charge in [0.05, 0.1) is 5.56 Å². The third-order valence-electron chi connectivity index (χ3n) is 2.60. The van der Waals surface area contributed by atoms with Gasteiger partial charge < -0.3 is 4.90 Å². The maximum atomic E-state index is 9.16. The van der Waals surface area contributed by atoms with Gasteiger partial charge in [-0.3, -0.25) is 0 Å². The van der Waals surface area contributed by atoms with Gasteiger partial charge in [-0.15, -0.1) is 0 Å². The van der Waals surface area contributed by atoms with Crippen molar-refractivity contribution in [2.75, 3.05) is 19.0 Å². The second-order valence-corrected chi connectivity index (χ2v) is 4.49. The van der Waals surface area contributed by atoms with Crippen molar-refractivity contribution in [3.8, 4) is 17.2 Å². The Labute approximate surface area is 111 Å². The number of hydrogen-bond acceptors (Lipinski definition) is 3. The number of benzene rings is 1. The van der Waals surface area contributed by atoms with Gasteiger partial charge >= 0.3 is 0 Å². The minimum absolute atomic E-state index is 0.539. The predicted molar refractivity (Wildman–Crippen MR) is 73.7 cm³/mol. The van der Waals surface area contributed by atoms with Gasteiger partial charge in [0.2, 0.25) is 0 Å². The first kappa shape index (κ1) is 12.4. The highest BCUT2D eigenvalue weighted by molar-refractivity contribution is 6.33. The average molecular weight is 258 g/mol. The molecular formula is C14H12ClN3. The second-order valence-electron chi connectivity index (χ2n) is 4.08. The molecule has 0 amide bonds. The average Bonchev–Trinajstić information content (AvgIpc) is 2.38. The van der Waals surface area contributed by atoms with Crippen LogP contribution in [0.25, 0.3) is 11.1 Å². The molecule has 0 fully saturated rings. The second kappa shape index (κ2) is 5.07. The van der Waals surface area contributed by atoms with E-state index in [1.807, 2.05) is 49.3 Å². The molecule has 0 saturated carbocycles. The van der Waals surface area contributed by atoms with Crippen LogP contribution in [0.5, 0.6) is 0 Å². The molecule has 0 atom stereocenters. The van der Waals surface area contributed by atoms with Gasteiger partial charge in [0, 0.05) is 36.4 Å². The van der Waals surface area contributed by atoms with Crippen LogP contribution in [-0.4, -0.2) is 19.1 Å². The number of nitriles is 1. The number of halogens is 1. The van der Waals surface area contributed by atoms with E-state index >= 15 is 0 Å². The SMILES string of the molecule is CN(C)c1ncc(-c2ccccc2Cl)cc1C#N. The van der Waals surface area contributed by atoms with Crippen LogP contribution in [0.1, 0.15) is 5.56 Å². The van der Waals surface area contributed by atoms with Crippen molar-refractivity contribution in [3.05, 3.63) is 47.1 Å². The molecule has 1 heterocycles. The number of pyridine rings is 1. The highest BCUT2D eigenvalue weighted by Gasteiger charge is 2.09. The molecule has 0 radical (unpaired) electrons. The van der Waals surface area contributed by atoms with Crippen molar-refractivity contribution in [1.82, 2.24) is 4.98 Å². The quantitative estimate of drug-likeness (QED) is 0.828. The molecule has 90 valence electrons. The van der Waals surface area contributed by atoms with Gasteiger partial charge in [0.1, 0.15) is 11.9 Å².